The van der Waals surface area contributed by atoms with E-state index in [9.17, 15) is 19.2 Å². The summed E-state index contributed by atoms with van der Waals surface area (Å²) in [7, 11) is 0. The number of nitrogens with zero attached hydrogens (tertiary/aromatic N) is 1. The van der Waals surface area contributed by atoms with E-state index in [2.05, 4.69) is 26.1 Å². The first-order chi connectivity index (χ1) is 15.0. The zero-order chi connectivity index (χ0) is 23.3. The Morgan fingerprint density at radius 3 is 2.69 bits per heavy atom. The van der Waals surface area contributed by atoms with Gasteiger partial charge in [-0.15, -0.1) is 0 Å². The Morgan fingerprint density at radius 1 is 1.22 bits per heavy atom. The molecule has 2 aromatic rings. The summed E-state index contributed by atoms with van der Waals surface area (Å²) < 4.78 is 10.5. The lowest BCUT2D eigenvalue weighted by molar-refractivity contribution is -0.149. The minimum absolute atomic E-state index is 0.0923. The summed E-state index contributed by atoms with van der Waals surface area (Å²) in [5.74, 6) is -0.820. The van der Waals surface area contributed by atoms with Crippen LogP contribution in [0.4, 0.5) is 4.79 Å². The molecule has 1 aliphatic heterocycles. The van der Waals surface area contributed by atoms with E-state index in [0.29, 0.717) is 29.4 Å². The molecule has 2 heterocycles. The molecule has 1 saturated heterocycles. The van der Waals surface area contributed by atoms with E-state index in [4.69, 9.17) is 9.15 Å². The van der Waals surface area contributed by atoms with E-state index >= 15 is 0 Å². The minimum Gasteiger partial charge on any atom is -0.459 e. The van der Waals surface area contributed by atoms with Gasteiger partial charge in [-0.3, -0.25) is 14.5 Å². The molecule has 1 saturated carbocycles. The molecule has 2 unspecified atom stereocenters. The third kappa shape index (κ3) is 4.13. The standard InChI is InChI=1S/C24H28N2O6/c1-14-5-6-17-16(8-19(27)32-18(17)7-14)12-31-20(28)11-26-21(29)24(25-22(26)30)10-15(2)9-23(3,4)13-24/h5-8,15H,9-13H2,1-4H3,(H,25,30). The van der Waals surface area contributed by atoms with E-state index in [1.54, 1.807) is 12.1 Å². The molecule has 1 N–H and O–H groups in total. The van der Waals surface area contributed by atoms with Crippen LogP contribution in [-0.4, -0.2) is 34.9 Å². The number of imide groups is 1. The molecule has 1 aliphatic carbocycles. The van der Waals surface area contributed by atoms with Crippen LogP contribution in [0.3, 0.4) is 0 Å². The summed E-state index contributed by atoms with van der Waals surface area (Å²) in [6.45, 7) is 7.49. The van der Waals surface area contributed by atoms with Gasteiger partial charge in [-0.2, -0.15) is 0 Å². The van der Waals surface area contributed by atoms with E-state index < -0.39 is 29.7 Å². The second-order valence-corrected chi connectivity index (χ2v) is 10.0. The fraction of sp³-hybridized carbons (Fsp3) is 0.500. The van der Waals surface area contributed by atoms with Gasteiger partial charge < -0.3 is 14.5 Å². The molecule has 1 aromatic carbocycles. The highest BCUT2D eigenvalue weighted by atomic mass is 16.5. The number of carbonyl (C=O) groups is 3. The predicted octanol–water partition coefficient (Wildman–Crippen LogP) is 3.28. The van der Waals surface area contributed by atoms with Gasteiger partial charge in [-0.1, -0.05) is 32.9 Å². The molecular weight excluding hydrogens is 412 g/mol. The molecule has 32 heavy (non-hydrogen) atoms. The van der Waals surface area contributed by atoms with Gasteiger partial charge in [0.2, 0.25) is 0 Å². The Bertz CT molecular complexity index is 1170. The van der Waals surface area contributed by atoms with Crippen molar-refractivity contribution in [3.8, 4) is 0 Å². The molecule has 2 fully saturated rings. The van der Waals surface area contributed by atoms with E-state index in [1.807, 2.05) is 13.0 Å². The molecule has 4 rings (SSSR count). The molecule has 1 aromatic heterocycles. The smallest absolute Gasteiger partial charge is 0.336 e. The number of fused-ring (bicyclic) bond motifs is 1. The number of rotatable bonds is 4. The van der Waals surface area contributed by atoms with Crippen LogP contribution < -0.4 is 10.9 Å². The van der Waals surface area contributed by atoms with Gasteiger partial charge in [-0.25, -0.2) is 9.59 Å². The molecule has 8 heteroatoms. The number of aryl methyl sites for hydroxylation is 1. The van der Waals surface area contributed by atoms with E-state index in [-0.39, 0.29) is 23.8 Å². The molecule has 8 nitrogen and oxygen atoms in total. The number of esters is 1. The number of urea groups is 1. The number of benzene rings is 1. The first-order valence-electron chi connectivity index (χ1n) is 10.8. The van der Waals surface area contributed by atoms with Crippen LogP contribution >= 0.6 is 0 Å². The second kappa shape index (κ2) is 7.76. The molecule has 1 spiro atoms. The summed E-state index contributed by atoms with van der Waals surface area (Å²) in [6, 6.07) is 6.11. The predicted molar refractivity (Wildman–Crippen MR) is 117 cm³/mol. The van der Waals surface area contributed by atoms with Crippen molar-refractivity contribution in [1.82, 2.24) is 10.2 Å². The molecular formula is C24H28N2O6. The van der Waals surface area contributed by atoms with E-state index in [1.165, 1.54) is 6.07 Å². The number of ether oxygens (including phenoxy) is 1. The largest absolute Gasteiger partial charge is 0.459 e. The van der Waals surface area contributed by atoms with Crippen molar-refractivity contribution in [1.29, 1.82) is 0 Å². The minimum atomic E-state index is -0.967. The maximum absolute atomic E-state index is 13.2. The highest BCUT2D eigenvalue weighted by molar-refractivity contribution is 6.08. The van der Waals surface area contributed by atoms with Gasteiger partial charge in [0.25, 0.3) is 5.91 Å². The van der Waals surface area contributed by atoms with Crippen LogP contribution in [-0.2, 0) is 20.9 Å². The topological polar surface area (TPSA) is 106 Å². The summed E-state index contributed by atoms with van der Waals surface area (Å²) in [5.41, 5.74) is 0.243. The van der Waals surface area contributed by atoms with Crippen LogP contribution in [0.5, 0.6) is 0 Å². The Labute approximate surface area is 185 Å². The molecule has 170 valence electrons. The third-order valence-corrected chi connectivity index (χ3v) is 6.29. The fourth-order valence-electron chi connectivity index (χ4n) is 5.44. The molecule has 3 amide bonds. The van der Waals surface area contributed by atoms with Crippen LogP contribution in [0.25, 0.3) is 11.0 Å². The van der Waals surface area contributed by atoms with Gasteiger partial charge in [0.15, 0.2) is 0 Å². The van der Waals surface area contributed by atoms with Crippen molar-refractivity contribution in [2.75, 3.05) is 6.54 Å². The van der Waals surface area contributed by atoms with Crippen LogP contribution in [0.1, 0.15) is 51.2 Å². The van der Waals surface area contributed by atoms with Crippen molar-refractivity contribution >= 4 is 28.9 Å². The molecule has 2 atom stereocenters. The fourth-order valence-corrected chi connectivity index (χ4v) is 5.44. The lowest BCUT2D eigenvalue weighted by Crippen LogP contribution is -2.54. The summed E-state index contributed by atoms with van der Waals surface area (Å²) in [4.78, 5) is 51.0. The van der Waals surface area contributed by atoms with Gasteiger partial charge >= 0.3 is 17.6 Å². The van der Waals surface area contributed by atoms with Crippen LogP contribution in [0, 0.1) is 18.3 Å². The van der Waals surface area contributed by atoms with Crippen molar-refractivity contribution in [2.45, 2.75) is 59.1 Å². The molecule has 2 aliphatic rings. The average molecular weight is 440 g/mol. The zero-order valence-electron chi connectivity index (χ0n) is 18.8. The quantitative estimate of drug-likeness (QED) is 0.444. The maximum Gasteiger partial charge on any atom is 0.336 e. The monoisotopic (exact) mass is 440 g/mol. The second-order valence-electron chi connectivity index (χ2n) is 10.0. The highest BCUT2D eigenvalue weighted by Crippen LogP contribution is 2.46. The van der Waals surface area contributed by atoms with Crippen molar-refractivity contribution < 1.29 is 23.5 Å². The zero-order valence-corrected chi connectivity index (χ0v) is 18.8. The van der Waals surface area contributed by atoms with Crippen molar-refractivity contribution in [2.24, 2.45) is 11.3 Å². The summed E-state index contributed by atoms with van der Waals surface area (Å²) in [5, 5.41) is 3.51. The Morgan fingerprint density at radius 2 is 1.97 bits per heavy atom. The van der Waals surface area contributed by atoms with Crippen molar-refractivity contribution in [3.63, 3.8) is 0 Å². The van der Waals surface area contributed by atoms with Crippen LogP contribution in [0.2, 0.25) is 0 Å². The number of hydrogen-bond donors (Lipinski definition) is 1. The maximum atomic E-state index is 13.2. The third-order valence-electron chi connectivity index (χ3n) is 6.29. The highest BCUT2D eigenvalue weighted by Gasteiger charge is 2.56. The average Bonchev–Trinajstić information content (AvgIpc) is 2.87. The first-order valence-corrected chi connectivity index (χ1v) is 10.8. The Hall–Kier alpha value is -3.16. The summed E-state index contributed by atoms with van der Waals surface area (Å²) >= 11 is 0. The van der Waals surface area contributed by atoms with E-state index in [0.717, 1.165) is 16.9 Å². The molecule has 0 bridgehead atoms. The lowest BCUT2D eigenvalue weighted by Gasteiger charge is -2.43. The SMILES string of the molecule is Cc1ccc2c(COC(=O)CN3C(=O)NC4(CC(C)CC(C)(C)C4)C3=O)cc(=O)oc2c1. The van der Waals surface area contributed by atoms with Gasteiger partial charge in [0, 0.05) is 17.0 Å². The van der Waals surface area contributed by atoms with Gasteiger partial charge in [0.1, 0.15) is 24.3 Å². The normalized spacial score (nSPS) is 24.8. The van der Waals surface area contributed by atoms with Gasteiger partial charge in [0.05, 0.1) is 0 Å². The number of amides is 3. The van der Waals surface area contributed by atoms with Crippen LogP contribution in [0.15, 0.2) is 33.5 Å². The Balaban J connectivity index is 1.46. The Kier molecular flexibility index (Phi) is 5.35. The summed E-state index contributed by atoms with van der Waals surface area (Å²) in [6.07, 6.45) is 2.06. The first kappa shape index (κ1) is 22.0. The molecule has 0 radical (unpaired) electrons. The number of carbonyl (C=O) groups excluding carboxylic acids is 3. The van der Waals surface area contributed by atoms with Gasteiger partial charge in [-0.05, 0) is 49.1 Å². The lowest BCUT2D eigenvalue weighted by atomic mass is 9.64. The van der Waals surface area contributed by atoms with Crippen molar-refractivity contribution in [3.05, 3.63) is 45.8 Å². The number of nitrogens with one attached hydrogen (secondary N) is 1. The number of hydrogen-bond acceptors (Lipinski definition) is 6.